The van der Waals surface area contributed by atoms with E-state index in [0.29, 0.717) is 6.54 Å². The summed E-state index contributed by atoms with van der Waals surface area (Å²) < 4.78 is 0. The second-order valence-corrected chi connectivity index (χ2v) is 6.32. The molecule has 0 bridgehead atoms. The largest absolute Gasteiger partial charge is 0.388 e. The fourth-order valence-corrected chi connectivity index (χ4v) is 3.74. The summed E-state index contributed by atoms with van der Waals surface area (Å²) >= 11 is 0. The SMILES string of the molecule is NCC1(C2(O)CCN(Cc3ccccc3)C2)CCC1. The van der Waals surface area contributed by atoms with Crippen LogP contribution in [0, 0.1) is 5.41 Å². The van der Waals surface area contributed by atoms with Crippen LogP contribution in [0.4, 0.5) is 0 Å². The first-order valence-corrected chi connectivity index (χ1v) is 7.36. The Morgan fingerprint density at radius 3 is 2.47 bits per heavy atom. The van der Waals surface area contributed by atoms with Gasteiger partial charge in [0.1, 0.15) is 0 Å². The number of rotatable bonds is 4. The zero-order valence-electron chi connectivity index (χ0n) is 11.5. The van der Waals surface area contributed by atoms with Crippen molar-refractivity contribution in [3.63, 3.8) is 0 Å². The minimum absolute atomic E-state index is 0.00155. The Morgan fingerprint density at radius 2 is 1.89 bits per heavy atom. The van der Waals surface area contributed by atoms with Crippen LogP contribution in [0.2, 0.25) is 0 Å². The quantitative estimate of drug-likeness (QED) is 0.867. The van der Waals surface area contributed by atoms with Gasteiger partial charge in [-0.1, -0.05) is 36.8 Å². The van der Waals surface area contributed by atoms with E-state index in [1.807, 2.05) is 6.07 Å². The molecule has 3 rings (SSSR count). The molecule has 3 heteroatoms. The van der Waals surface area contributed by atoms with Crippen LogP contribution < -0.4 is 5.73 Å². The third-order valence-electron chi connectivity index (χ3n) is 5.26. The van der Waals surface area contributed by atoms with Gasteiger partial charge in [-0.15, -0.1) is 0 Å². The zero-order chi connectivity index (χ0) is 13.3. The molecule has 1 heterocycles. The van der Waals surface area contributed by atoms with Crippen molar-refractivity contribution in [2.45, 2.75) is 37.8 Å². The van der Waals surface area contributed by atoms with E-state index in [0.717, 1.165) is 38.9 Å². The van der Waals surface area contributed by atoms with Gasteiger partial charge in [-0.05, 0) is 24.8 Å². The predicted molar refractivity (Wildman–Crippen MR) is 76.6 cm³/mol. The van der Waals surface area contributed by atoms with E-state index in [1.54, 1.807) is 0 Å². The molecular formula is C16H24N2O. The summed E-state index contributed by atoms with van der Waals surface area (Å²) in [5.74, 6) is 0. The normalized spacial score (nSPS) is 30.2. The highest BCUT2D eigenvalue weighted by Gasteiger charge is 2.55. The van der Waals surface area contributed by atoms with Gasteiger partial charge in [0.25, 0.3) is 0 Å². The van der Waals surface area contributed by atoms with Crippen LogP contribution in [0.15, 0.2) is 30.3 Å². The van der Waals surface area contributed by atoms with Gasteiger partial charge in [-0.3, -0.25) is 4.90 Å². The van der Waals surface area contributed by atoms with Crippen LogP contribution in [0.1, 0.15) is 31.2 Å². The first kappa shape index (κ1) is 13.1. The Hall–Kier alpha value is -0.900. The molecule has 1 aromatic rings. The van der Waals surface area contributed by atoms with Crippen molar-refractivity contribution in [1.82, 2.24) is 4.90 Å². The summed E-state index contributed by atoms with van der Waals surface area (Å²) in [6.45, 7) is 3.32. The molecule has 1 aliphatic carbocycles. The Balaban J connectivity index is 1.66. The first-order chi connectivity index (χ1) is 9.17. The average molecular weight is 260 g/mol. The number of hydrogen-bond acceptors (Lipinski definition) is 3. The van der Waals surface area contributed by atoms with Gasteiger partial charge in [0.2, 0.25) is 0 Å². The Bertz CT molecular complexity index is 424. The van der Waals surface area contributed by atoms with E-state index >= 15 is 0 Å². The number of aliphatic hydroxyl groups is 1. The maximum atomic E-state index is 11.0. The van der Waals surface area contributed by atoms with Crippen molar-refractivity contribution in [3.05, 3.63) is 35.9 Å². The third kappa shape index (κ3) is 2.20. The van der Waals surface area contributed by atoms with E-state index in [-0.39, 0.29) is 5.41 Å². The molecule has 2 aliphatic rings. The minimum Gasteiger partial charge on any atom is -0.388 e. The molecule has 1 aliphatic heterocycles. The number of nitrogens with two attached hydrogens (primary N) is 1. The molecule has 0 aromatic heterocycles. The summed E-state index contributed by atoms with van der Waals surface area (Å²) in [5, 5.41) is 11.0. The number of β-amino-alcohol motifs (C(OH)–C–C–N with tert-alkyl or cyclic N) is 1. The van der Waals surface area contributed by atoms with E-state index < -0.39 is 5.60 Å². The van der Waals surface area contributed by atoms with E-state index in [1.165, 1.54) is 12.0 Å². The highest BCUT2D eigenvalue weighted by molar-refractivity contribution is 5.16. The number of likely N-dealkylation sites (tertiary alicyclic amines) is 1. The molecule has 3 N–H and O–H groups in total. The fourth-order valence-electron chi connectivity index (χ4n) is 3.74. The summed E-state index contributed by atoms with van der Waals surface area (Å²) in [6, 6.07) is 10.5. The summed E-state index contributed by atoms with van der Waals surface area (Å²) in [4.78, 5) is 2.37. The number of benzene rings is 1. The summed E-state index contributed by atoms with van der Waals surface area (Å²) in [7, 11) is 0. The molecule has 104 valence electrons. The summed E-state index contributed by atoms with van der Waals surface area (Å²) in [6.07, 6.45) is 4.29. The Labute approximate surface area is 115 Å². The lowest BCUT2D eigenvalue weighted by molar-refractivity contribution is -0.114. The molecule has 19 heavy (non-hydrogen) atoms. The molecule has 1 saturated carbocycles. The average Bonchev–Trinajstić information content (AvgIpc) is 2.72. The van der Waals surface area contributed by atoms with Crippen molar-refractivity contribution < 1.29 is 5.11 Å². The maximum Gasteiger partial charge on any atom is 0.0854 e. The molecule has 1 unspecified atom stereocenters. The third-order valence-corrected chi connectivity index (χ3v) is 5.26. The molecule has 0 amide bonds. The van der Waals surface area contributed by atoms with E-state index in [2.05, 4.69) is 29.2 Å². The summed E-state index contributed by atoms with van der Waals surface area (Å²) in [5.41, 5.74) is 6.71. The van der Waals surface area contributed by atoms with Gasteiger partial charge >= 0.3 is 0 Å². The molecule has 3 nitrogen and oxygen atoms in total. The van der Waals surface area contributed by atoms with Crippen molar-refractivity contribution in [2.75, 3.05) is 19.6 Å². The van der Waals surface area contributed by atoms with Gasteiger partial charge in [0.05, 0.1) is 5.60 Å². The number of nitrogens with zero attached hydrogens (tertiary/aromatic N) is 1. The molecule has 2 fully saturated rings. The van der Waals surface area contributed by atoms with Gasteiger partial charge < -0.3 is 10.8 Å². The van der Waals surface area contributed by atoms with Gasteiger partial charge in [0, 0.05) is 31.6 Å². The monoisotopic (exact) mass is 260 g/mol. The van der Waals surface area contributed by atoms with Crippen molar-refractivity contribution >= 4 is 0 Å². The van der Waals surface area contributed by atoms with Crippen LogP contribution in [0.25, 0.3) is 0 Å². The predicted octanol–water partition coefficient (Wildman–Crippen LogP) is 1.75. The molecule has 1 aromatic carbocycles. The van der Waals surface area contributed by atoms with Crippen LogP contribution in [-0.4, -0.2) is 35.2 Å². The van der Waals surface area contributed by atoms with Crippen LogP contribution in [0.3, 0.4) is 0 Å². The highest BCUT2D eigenvalue weighted by Crippen LogP contribution is 2.52. The molecule has 0 spiro atoms. The van der Waals surface area contributed by atoms with E-state index in [4.69, 9.17) is 5.73 Å². The Kier molecular flexibility index (Phi) is 3.37. The lowest BCUT2D eigenvalue weighted by Gasteiger charge is -2.51. The molecule has 1 atom stereocenters. The second-order valence-electron chi connectivity index (χ2n) is 6.32. The standard InChI is InChI=1S/C16H24N2O/c17-12-15(7-4-8-15)16(19)9-10-18(13-16)11-14-5-2-1-3-6-14/h1-3,5-6,19H,4,7-13,17H2. The van der Waals surface area contributed by atoms with Gasteiger partial charge in [-0.25, -0.2) is 0 Å². The van der Waals surface area contributed by atoms with E-state index in [9.17, 15) is 5.11 Å². The number of hydrogen-bond donors (Lipinski definition) is 2. The smallest absolute Gasteiger partial charge is 0.0854 e. The molecule has 1 saturated heterocycles. The van der Waals surface area contributed by atoms with Crippen molar-refractivity contribution in [1.29, 1.82) is 0 Å². The topological polar surface area (TPSA) is 49.5 Å². The fraction of sp³-hybridized carbons (Fsp3) is 0.625. The lowest BCUT2D eigenvalue weighted by atomic mass is 9.58. The lowest BCUT2D eigenvalue weighted by Crippen LogP contribution is -2.57. The first-order valence-electron chi connectivity index (χ1n) is 7.36. The van der Waals surface area contributed by atoms with Crippen LogP contribution >= 0.6 is 0 Å². The van der Waals surface area contributed by atoms with Crippen LogP contribution in [0.5, 0.6) is 0 Å². The van der Waals surface area contributed by atoms with Gasteiger partial charge in [0.15, 0.2) is 0 Å². The minimum atomic E-state index is -0.561. The highest BCUT2D eigenvalue weighted by atomic mass is 16.3. The van der Waals surface area contributed by atoms with Gasteiger partial charge in [-0.2, -0.15) is 0 Å². The molecule has 0 radical (unpaired) electrons. The maximum absolute atomic E-state index is 11.0. The second kappa shape index (κ2) is 4.89. The van der Waals surface area contributed by atoms with Crippen LogP contribution in [-0.2, 0) is 6.54 Å². The molecular weight excluding hydrogens is 236 g/mol. The van der Waals surface area contributed by atoms with Crippen molar-refractivity contribution in [3.8, 4) is 0 Å². The Morgan fingerprint density at radius 1 is 1.16 bits per heavy atom. The zero-order valence-corrected chi connectivity index (χ0v) is 11.5. The van der Waals surface area contributed by atoms with Crippen molar-refractivity contribution in [2.24, 2.45) is 11.1 Å².